The summed E-state index contributed by atoms with van der Waals surface area (Å²) < 4.78 is 13.3. The summed E-state index contributed by atoms with van der Waals surface area (Å²) >= 11 is 3.44. The van der Waals surface area contributed by atoms with Gasteiger partial charge in [-0.25, -0.2) is 9.67 Å². The molecule has 0 bridgehead atoms. The number of amides is 1. The van der Waals surface area contributed by atoms with E-state index in [1.807, 2.05) is 38.1 Å². The molecule has 0 spiro atoms. The van der Waals surface area contributed by atoms with Gasteiger partial charge in [0.05, 0.1) is 29.9 Å². The first kappa shape index (κ1) is 19.9. The summed E-state index contributed by atoms with van der Waals surface area (Å²) in [5.74, 6) is 0.890. The van der Waals surface area contributed by atoms with Crippen molar-refractivity contribution in [3.63, 3.8) is 0 Å². The summed E-state index contributed by atoms with van der Waals surface area (Å²) in [4.78, 5) is 16.7. The van der Waals surface area contributed by atoms with Gasteiger partial charge in [-0.15, -0.1) is 0 Å². The third-order valence-corrected chi connectivity index (χ3v) is 4.79. The number of methoxy groups -OCH3 is 1. The number of hydrogen-bond acceptors (Lipinski definition) is 5. The molecule has 0 aliphatic carbocycles. The summed E-state index contributed by atoms with van der Waals surface area (Å²) in [6, 6.07) is 11.0. The lowest BCUT2D eigenvalue weighted by Crippen LogP contribution is -2.26. The summed E-state index contributed by atoms with van der Waals surface area (Å²) in [5, 5.41) is 7.11. The van der Waals surface area contributed by atoms with Gasteiger partial charge in [0.25, 0.3) is 5.91 Å². The molecule has 1 N–H and O–H groups in total. The molecule has 3 aromatic rings. The molecule has 1 heterocycles. The molecule has 146 valence electrons. The summed E-state index contributed by atoms with van der Waals surface area (Å²) in [6.45, 7) is 4.29. The van der Waals surface area contributed by atoms with Gasteiger partial charge in [-0.2, -0.15) is 5.10 Å². The van der Waals surface area contributed by atoms with Gasteiger partial charge in [0.15, 0.2) is 11.5 Å². The number of nitrogens with one attached hydrogen (secondary N) is 1. The van der Waals surface area contributed by atoms with Crippen molar-refractivity contribution < 1.29 is 14.3 Å². The number of rotatable bonds is 7. The molecule has 28 heavy (non-hydrogen) atoms. The Hall–Kier alpha value is -2.87. The zero-order valence-corrected chi connectivity index (χ0v) is 17.4. The number of aromatic nitrogens is 3. The van der Waals surface area contributed by atoms with Crippen LogP contribution in [0.5, 0.6) is 11.5 Å². The third-order valence-electron chi connectivity index (χ3n) is 4.20. The van der Waals surface area contributed by atoms with Crippen LogP contribution in [0.3, 0.4) is 0 Å². The van der Waals surface area contributed by atoms with Crippen molar-refractivity contribution >= 4 is 21.8 Å². The molecule has 8 heteroatoms. The fourth-order valence-electron chi connectivity index (χ4n) is 2.78. The molecule has 0 saturated carbocycles. The fraction of sp³-hybridized carbons (Fsp3) is 0.250. The fourth-order valence-corrected chi connectivity index (χ4v) is 3.38. The Morgan fingerprint density at radius 3 is 2.64 bits per heavy atom. The van der Waals surface area contributed by atoms with E-state index in [0.717, 1.165) is 11.3 Å². The highest BCUT2D eigenvalue weighted by atomic mass is 79.9. The molecule has 7 nitrogen and oxygen atoms in total. The summed E-state index contributed by atoms with van der Waals surface area (Å²) in [5.41, 5.74) is 2.37. The summed E-state index contributed by atoms with van der Waals surface area (Å²) in [6.07, 6.45) is 3.12. The van der Waals surface area contributed by atoms with Crippen LogP contribution in [-0.4, -0.2) is 34.4 Å². The van der Waals surface area contributed by atoms with E-state index in [9.17, 15) is 4.79 Å². The second kappa shape index (κ2) is 8.88. The van der Waals surface area contributed by atoms with Crippen LogP contribution in [0.1, 0.15) is 35.8 Å². The van der Waals surface area contributed by atoms with Crippen molar-refractivity contribution in [1.82, 2.24) is 20.1 Å². The Labute approximate surface area is 171 Å². The first-order valence-corrected chi connectivity index (χ1v) is 9.59. The minimum atomic E-state index is -0.197. The van der Waals surface area contributed by atoms with Crippen molar-refractivity contribution in [2.75, 3.05) is 13.7 Å². The highest BCUT2D eigenvalue weighted by Crippen LogP contribution is 2.36. The van der Waals surface area contributed by atoms with Crippen molar-refractivity contribution in [2.45, 2.75) is 19.9 Å². The molecule has 2 aromatic carbocycles. The highest BCUT2D eigenvalue weighted by Gasteiger charge is 2.17. The number of carbonyl (C=O) groups is 1. The lowest BCUT2D eigenvalue weighted by molar-refractivity contribution is 0.0939. The number of benzene rings is 2. The van der Waals surface area contributed by atoms with Gasteiger partial charge in [-0.05, 0) is 59.6 Å². The standard InChI is InChI=1S/C20H21BrN4O3/c1-4-28-18-10-15(9-17(21)19(18)27-3)20(26)24-13(2)14-5-7-16(8-6-14)25-12-22-11-23-25/h5-13H,4H2,1-3H3,(H,24,26). The molecule has 1 unspecified atom stereocenters. The Balaban J connectivity index is 1.75. The van der Waals surface area contributed by atoms with Gasteiger partial charge in [-0.1, -0.05) is 12.1 Å². The predicted molar refractivity (Wildman–Crippen MR) is 109 cm³/mol. The quantitative estimate of drug-likeness (QED) is 0.597. The normalized spacial score (nSPS) is 11.7. The first-order valence-electron chi connectivity index (χ1n) is 8.79. The maximum absolute atomic E-state index is 12.7. The molecule has 0 saturated heterocycles. The van der Waals surface area contributed by atoms with E-state index in [0.29, 0.717) is 28.1 Å². The van der Waals surface area contributed by atoms with E-state index >= 15 is 0 Å². The minimum Gasteiger partial charge on any atom is -0.492 e. The maximum atomic E-state index is 12.7. The van der Waals surface area contributed by atoms with E-state index in [1.54, 1.807) is 30.3 Å². The molecule has 1 atom stereocenters. The van der Waals surface area contributed by atoms with Crippen LogP contribution < -0.4 is 14.8 Å². The van der Waals surface area contributed by atoms with Crippen molar-refractivity contribution in [3.8, 4) is 17.2 Å². The molecule has 0 aliphatic rings. The van der Waals surface area contributed by atoms with E-state index in [2.05, 4.69) is 31.3 Å². The zero-order valence-electron chi connectivity index (χ0n) is 15.8. The lowest BCUT2D eigenvalue weighted by atomic mass is 10.1. The second-order valence-corrected chi connectivity index (χ2v) is 6.90. The van der Waals surface area contributed by atoms with Gasteiger partial charge in [-0.3, -0.25) is 4.79 Å². The van der Waals surface area contributed by atoms with E-state index in [1.165, 1.54) is 6.33 Å². The average Bonchev–Trinajstić information content (AvgIpc) is 3.23. The molecule has 1 amide bonds. The number of halogens is 1. The predicted octanol–water partition coefficient (Wildman–Crippen LogP) is 3.93. The van der Waals surface area contributed by atoms with Crippen LogP contribution in [0.2, 0.25) is 0 Å². The third kappa shape index (κ3) is 4.33. The lowest BCUT2D eigenvalue weighted by Gasteiger charge is -2.17. The molecule has 1 aromatic heterocycles. The van der Waals surface area contributed by atoms with Gasteiger partial charge in [0.1, 0.15) is 12.7 Å². The molecule has 0 aliphatic heterocycles. The van der Waals surface area contributed by atoms with Crippen LogP contribution in [0.4, 0.5) is 0 Å². The Kier molecular flexibility index (Phi) is 6.30. The van der Waals surface area contributed by atoms with Crippen LogP contribution in [0, 0.1) is 0 Å². The van der Waals surface area contributed by atoms with Gasteiger partial charge in [0, 0.05) is 5.56 Å². The van der Waals surface area contributed by atoms with Crippen molar-refractivity contribution in [3.05, 3.63) is 64.7 Å². The van der Waals surface area contributed by atoms with E-state index in [4.69, 9.17) is 9.47 Å². The van der Waals surface area contributed by atoms with Crippen LogP contribution in [0.15, 0.2) is 53.5 Å². The average molecular weight is 445 g/mol. The van der Waals surface area contributed by atoms with Gasteiger partial charge >= 0.3 is 0 Å². The Morgan fingerprint density at radius 2 is 2.04 bits per heavy atom. The van der Waals surface area contributed by atoms with E-state index in [-0.39, 0.29) is 11.9 Å². The number of hydrogen-bond donors (Lipinski definition) is 1. The number of ether oxygens (including phenoxy) is 2. The first-order chi connectivity index (χ1) is 13.5. The maximum Gasteiger partial charge on any atom is 0.251 e. The summed E-state index contributed by atoms with van der Waals surface area (Å²) in [7, 11) is 1.56. The molecule has 0 radical (unpaired) electrons. The Bertz CT molecular complexity index is 943. The van der Waals surface area contributed by atoms with Crippen molar-refractivity contribution in [1.29, 1.82) is 0 Å². The second-order valence-electron chi connectivity index (χ2n) is 6.05. The van der Waals surface area contributed by atoms with Crippen LogP contribution in [0.25, 0.3) is 5.69 Å². The van der Waals surface area contributed by atoms with Gasteiger partial charge in [0.2, 0.25) is 0 Å². The molecule has 0 fully saturated rings. The monoisotopic (exact) mass is 444 g/mol. The van der Waals surface area contributed by atoms with Crippen LogP contribution in [-0.2, 0) is 0 Å². The van der Waals surface area contributed by atoms with Gasteiger partial charge < -0.3 is 14.8 Å². The Morgan fingerprint density at radius 1 is 1.29 bits per heavy atom. The number of carbonyl (C=O) groups excluding carboxylic acids is 1. The highest BCUT2D eigenvalue weighted by molar-refractivity contribution is 9.10. The van der Waals surface area contributed by atoms with Crippen molar-refractivity contribution in [2.24, 2.45) is 0 Å². The molecular weight excluding hydrogens is 424 g/mol. The topological polar surface area (TPSA) is 78.3 Å². The molecular formula is C20H21BrN4O3. The van der Waals surface area contributed by atoms with Crippen LogP contribution >= 0.6 is 15.9 Å². The number of nitrogens with zero attached hydrogens (tertiary/aromatic N) is 3. The minimum absolute atomic E-state index is 0.172. The smallest absolute Gasteiger partial charge is 0.251 e. The zero-order chi connectivity index (χ0) is 20.1. The SMILES string of the molecule is CCOc1cc(C(=O)NC(C)c2ccc(-n3cncn3)cc2)cc(Br)c1OC. The largest absolute Gasteiger partial charge is 0.492 e. The van der Waals surface area contributed by atoms with E-state index < -0.39 is 0 Å². The molecule has 3 rings (SSSR count).